The quantitative estimate of drug-likeness (QED) is 0.356. The second-order valence-electron chi connectivity index (χ2n) is 2.59. The minimum atomic E-state index is 0.360. The molecule has 0 aromatic rings. The molecule has 4 nitrogen and oxygen atoms in total. The van der Waals surface area contributed by atoms with Crippen molar-refractivity contribution in [3.8, 4) is 0 Å². The van der Waals surface area contributed by atoms with Crippen molar-refractivity contribution >= 4 is 0 Å². The Bertz CT molecular complexity index is 83.7. The molecule has 0 aromatic heterocycles. The van der Waals surface area contributed by atoms with Gasteiger partial charge >= 0.3 is 0 Å². The van der Waals surface area contributed by atoms with Crippen molar-refractivity contribution in [1.82, 2.24) is 10.6 Å². The Morgan fingerprint density at radius 2 is 1.40 bits per heavy atom. The number of nitrogens with one attached hydrogen (secondary N) is 2. The molecule has 1 aliphatic heterocycles. The summed E-state index contributed by atoms with van der Waals surface area (Å²) in [7, 11) is 0. The van der Waals surface area contributed by atoms with Gasteiger partial charge < -0.3 is 22.1 Å². The summed E-state index contributed by atoms with van der Waals surface area (Å²) in [6, 6.07) is 0.720. The molecule has 0 bridgehead atoms. The summed E-state index contributed by atoms with van der Waals surface area (Å²) in [5, 5.41) is 6.60. The van der Waals surface area contributed by atoms with Crippen LogP contribution in [0.25, 0.3) is 0 Å². The second-order valence-corrected chi connectivity index (χ2v) is 2.59. The van der Waals surface area contributed by atoms with Gasteiger partial charge in [-0.05, 0) is 0 Å². The Labute approximate surface area is 61.3 Å². The lowest BCUT2D eigenvalue weighted by Crippen LogP contribution is -2.61. The van der Waals surface area contributed by atoms with Crippen LogP contribution in [-0.4, -0.2) is 38.3 Å². The van der Waals surface area contributed by atoms with Gasteiger partial charge in [-0.2, -0.15) is 0 Å². The smallest absolute Gasteiger partial charge is 0.0357 e. The first kappa shape index (κ1) is 7.94. The number of hydrogen-bond acceptors (Lipinski definition) is 4. The van der Waals surface area contributed by atoms with Crippen LogP contribution in [0.3, 0.4) is 0 Å². The molecule has 2 unspecified atom stereocenters. The molecule has 1 aliphatic rings. The third-order valence-corrected chi connectivity index (χ3v) is 1.93. The second kappa shape index (κ2) is 3.88. The fourth-order valence-electron chi connectivity index (χ4n) is 1.29. The molecule has 10 heavy (non-hydrogen) atoms. The summed E-state index contributed by atoms with van der Waals surface area (Å²) >= 11 is 0. The predicted octanol–water partition coefficient (Wildman–Crippen LogP) is -2.17. The number of hydrogen-bond donors (Lipinski definition) is 4. The maximum Gasteiger partial charge on any atom is 0.0357 e. The summed E-state index contributed by atoms with van der Waals surface area (Å²) in [6.07, 6.45) is 0. The highest BCUT2D eigenvalue weighted by atomic mass is 15.1. The molecule has 0 radical (unpaired) electrons. The molecular weight excluding hydrogens is 128 g/mol. The minimum absolute atomic E-state index is 0.360. The molecule has 0 saturated carbocycles. The SMILES string of the molecule is NCC1NCCNC1CN. The molecule has 6 N–H and O–H groups in total. The largest absolute Gasteiger partial charge is 0.329 e. The minimum Gasteiger partial charge on any atom is -0.329 e. The summed E-state index contributed by atoms with van der Waals surface area (Å²) in [4.78, 5) is 0. The van der Waals surface area contributed by atoms with Gasteiger partial charge in [0.05, 0.1) is 0 Å². The van der Waals surface area contributed by atoms with Crippen molar-refractivity contribution in [1.29, 1.82) is 0 Å². The third-order valence-electron chi connectivity index (χ3n) is 1.93. The van der Waals surface area contributed by atoms with Gasteiger partial charge in [0.1, 0.15) is 0 Å². The Kier molecular flexibility index (Phi) is 3.08. The lowest BCUT2D eigenvalue weighted by atomic mass is 10.1. The predicted molar refractivity (Wildman–Crippen MR) is 41.7 cm³/mol. The fourth-order valence-corrected chi connectivity index (χ4v) is 1.29. The normalized spacial score (nSPS) is 34.2. The number of rotatable bonds is 2. The van der Waals surface area contributed by atoms with Crippen molar-refractivity contribution in [2.45, 2.75) is 12.1 Å². The van der Waals surface area contributed by atoms with E-state index in [2.05, 4.69) is 10.6 Å². The van der Waals surface area contributed by atoms with E-state index in [0.29, 0.717) is 25.2 Å². The molecule has 0 spiro atoms. The molecule has 1 fully saturated rings. The van der Waals surface area contributed by atoms with E-state index in [9.17, 15) is 0 Å². The topological polar surface area (TPSA) is 76.1 Å². The molecule has 4 heteroatoms. The molecule has 0 amide bonds. The Morgan fingerprint density at radius 3 is 1.70 bits per heavy atom. The Morgan fingerprint density at radius 1 is 1.00 bits per heavy atom. The van der Waals surface area contributed by atoms with Crippen LogP contribution in [0, 0.1) is 0 Å². The summed E-state index contributed by atoms with van der Waals surface area (Å²) in [5.74, 6) is 0. The van der Waals surface area contributed by atoms with Crippen LogP contribution in [-0.2, 0) is 0 Å². The maximum absolute atomic E-state index is 5.51. The number of piperazine rings is 1. The van der Waals surface area contributed by atoms with Crippen LogP contribution >= 0.6 is 0 Å². The van der Waals surface area contributed by atoms with E-state index in [1.807, 2.05) is 0 Å². The molecule has 1 saturated heterocycles. The fraction of sp³-hybridized carbons (Fsp3) is 1.00. The van der Waals surface area contributed by atoms with E-state index in [-0.39, 0.29) is 0 Å². The van der Waals surface area contributed by atoms with E-state index in [1.165, 1.54) is 0 Å². The molecule has 2 atom stereocenters. The van der Waals surface area contributed by atoms with Gasteiger partial charge in [0.15, 0.2) is 0 Å². The van der Waals surface area contributed by atoms with Crippen LogP contribution in [0.5, 0.6) is 0 Å². The van der Waals surface area contributed by atoms with Gasteiger partial charge in [-0.1, -0.05) is 0 Å². The maximum atomic E-state index is 5.51. The molecule has 60 valence electrons. The van der Waals surface area contributed by atoms with Gasteiger partial charge in [0.25, 0.3) is 0 Å². The van der Waals surface area contributed by atoms with Crippen molar-refractivity contribution in [2.24, 2.45) is 11.5 Å². The van der Waals surface area contributed by atoms with Crippen molar-refractivity contribution in [3.63, 3.8) is 0 Å². The van der Waals surface area contributed by atoms with Crippen LogP contribution in [0.2, 0.25) is 0 Å². The van der Waals surface area contributed by atoms with Crippen LogP contribution in [0.4, 0.5) is 0 Å². The van der Waals surface area contributed by atoms with Gasteiger partial charge in [-0.3, -0.25) is 0 Å². The van der Waals surface area contributed by atoms with Crippen LogP contribution in [0.1, 0.15) is 0 Å². The lowest BCUT2D eigenvalue weighted by Gasteiger charge is -2.31. The van der Waals surface area contributed by atoms with E-state index in [0.717, 1.165) is 13.1 Å². The zero-order chi connectivity index (χ0) is 7.40. The highest BCUT2D eigenvalue weighted by molar-refractivity contribution is 4.87. The Hall–Kier alpha value is -0.160. The molecule has 1 heterocycles. The van der Waals surface area contributed by atoms with E-state index in [4.69, 9.17) is 11.5 Å². The highest BCUT2D eigenvalue weighted by Crippen LogP contribution is 1.93. The summed E-state index contributed by atoms with van der Waals surface area (Å²) < 4.78 is 0. The van der Waals surface area contributed by atoms with Crippen molar-refractivity contribution < 1.29 is 0 Å². The van der Waals surface area contributed by atoms with Crippen LogP contribution < -0.4 is 22.1 Å². The van der Waals surface area contributed by atoms with E-state index < -0.39 is 0 Å². The zero-order valence-electron chi connectivity index (χ0n) is 6.14. The summed E-state index contributed by atoms with van der Waals surface area (Å²) in [6.45, 7) is 3.32. The van der Waals surface area contributed by atoms with Crippen molar-refractivity contribution in [2.75, 3.05) is 26.2 Å². The zero-order valence-corrected chi connectivity index (χ0v) is 6.14. The van der Waals surface area contributed by atoms with Crippen molar-refractivity contribution in [3.05, 3.63) is 0 Å². The third kappa shape index (κ3) is 1.67. The van der Waals surface area contributed by atoms with Gasteiger partial charge in [-0.25, -0.2) is 0 Å². The monoisotopic (exact) mass is 144 g/mol. The molecular formula is C6H16N4. The highest BCUT2D eigenvalue weighted by Gasteiger charge is 2.20. The van der Waals surface area contributed by atoms with Crippen LogP contribution in [0.15, 0.2) is 0 Å². The summed E-state index contributed by atoms with van der Waals surface area (Å²) in [5.41, 5.74) is 11.0. The molecule has 1 rings (SSSR count). The van der Waals surface area contributed by atoms with E-state index >= 15 is 0 Å². The molecule has 0 aliphatic carbocycles. The lowest BCUT2D eigenvalue weighted by molar-refractivity contribution is 0.331. The average molecular weight is 144 g/mol. The average Bonchev–Trinajstić information content (AvgIpc) is 2.04. The first-order valence-corrected chi connectivity index (χ1v) is 3.75. The first-order valence-electron chi connectivity index (χ1n) is 3.75. The first-order chi connectivity index (χ1) is 4.88. The standard InChI is InChI=1S/C6H16N4/c7-3-5-6(4-8)10-2-1-9-5/h5-6,9-10H,1-4,7-8H2. The van der Waals surface area contributed by atoms with Gasteiger partial charge in [0, 0.05) is 38.3 Å². The molecule has 0 aromatic carbocycles. The van der Waals surface area contributed by atoms with Gasteiger partial charge in [-0.15, -0.1) is 0 Å². The van der Waals surface area contributed by atoms with Gasteiger partial charge in [0.2, 0.25) is 0 Å². The number of nitrogens with two attached hydrogens (primary N) is 2. The Balaban J connectivity index is 2.34. The van der Waals surface area contributed by atoms with E-state index in [1.54, 1.807) is 0 Å².